The number of hydrogen-bond acceptors (Lipinski definition) is 3. The van der Waals surface area contributed by atoms with Crippen LogP contribution in [0, 0.1) is 0 Å². The van der Waals surface area contributed by atoms with Crippen LogP contribution in [-0.2, 0) is 11.2 Å². The molecule has 1 aliphatic rings. The molecule has 0 saturated heterocycles. The lowest BCUT2D eigenvalue weighted by Gasteiger charge is -2.21. The van der Waals surface area contributed by atoms with E-state index in [0.717, 1.165) is 22.9 Å². The van der Waals surface area contributed by atoms with Gasteiger partial charge in [-0.2, -0.15) is 0 Å². The van der Waals surface area contributed by atoms with Crippen molar-refractivity contribution in [3.8, 4) is 11.5 Å². The Morgan fingerprint density at radius 2 is 1.91 bits per heavy atom. The number of carbonyl (C=O) groups is 1. The maximum atomic E-state index is 12.6. The van der Waals surface area contributed by atoms with E-state index in [2.05, 4.69) is 22.5 Å². The van der Waals surface area contributed by atoms with E-state index >= 15 is 0 Å². The van der Waals surface area contributed by atoms with Crippen LogP contribution < -0.4 is 9.47 Å². The first-order chi connectivity index (χ1) is 11.1. The van der Waals surface area contributed by atoms with E-state index in [4.69, 9.17) is 9.47 Å². The van der Waals surface area contributed by atoms with Gasteiger partial charge in [0, 0.05) is 17.1 Å². The van der Waals surface area contributed by atoms with Gasteiger partial charge in [-0.05, 0) is 44.4 Å². The van der Waals surface area contributed by atoms with Gasteiger partial charge in [0.15, 0.2) is 11.5 Å². The fraction of sp³-hybridized carbons (Fsp3) is 0.500. The van der Waals surface area contributed by atoms with E-state index in [1.165, 1.54) is 0 Å². The third kappa shape index (κ3) is 4.74. The number of nitrogens with zero attached hydrogens (tertiary/aromatic N) is 1. The Morgan fingerprint density at radius 3 is 2.43 bits per heavy atom. The standard InChI is InChI=1S/C18H24BrNO3/c1-4-9-20(14-7-8-14)18(21)11-13-10-16(22-5-2)17(23-6-3)12-15(13)19/h4,10,12,14H,1,5-9,11H2,2-3H3. The lowest BCUT2D eigenvalue weighted by Crippen LogP contribution is -2.34. The molecule has 1 saturated carbocycles. The van der Waals surface area contributed by atoms with Gasteiger partial charge < -0.3 is 14.4 Å². The summed E-state index contributed by atoms with van der Waals surface area (Å²) in [6.07, 6.45) is 4.31. The quantitative estimate of drug-likeness (QED) is 0.607. The third-order valence-corrected chi connectivity index (χ3v) is 4.43. The number of amides is 1. The molecule has 1 aliphatic carbocycles. The first kappa shape index (κ1) is 17.9. The zero-order valence-corrected chi connectivity index (χ0v) is 15.4. The number of ether oxygens (including phenoxy) is 2. The van der Waals surface area contributed by atoms with Crippen molar-refractivity contribution in [2.45, 2.75) is 39.2 Å². The molecule has 0 radical (unpaired) electrons. The van der Waals surface area contributed by atoms with Gasteiger partial charge in [0.2, 0.25) is 5.91 Å². The highest BCUT2D eigenvalue weighted by atomic mass is 79.9. The van der Waals surface area contributed by atoms with Gasteiger partial charge in [-0.1, -0.05) is 22.0 Å². The van der Waals surface area contributed by atoms with Crippen LogP contribution in [0.1, 0.15) is 32.3 Å². The van der Waals surface area contributed by atoms with Crippen LogP contribution >= 0.6 is 15.9 Å². The largest absolute Gasteiger partial charge is 0.490 e. The summed E-state index contributed by atoms with van der Waals surface area (Å²) in [7, 11) is 0. The normalized spacial score (nSPS) is 13.5. The fourth-order valence-corrected chi connectivity index (χ4v) is 2.96. The van der Waals surface area contributed by atoms with Crippen molar-refractivity contribution < 1.29 is 14.3 Å². The lowest BCUT2D eigenvalue weighted by molar-refractivity contribution is -0.130. The van der Waals surface area contributed by atoms with Gasteiger partial charge >= 0.3 is 0 Å². The van der Waals surface area contributed by atoms with Crippen LogP contribution in [-0.4, -0.2) is 36.6 Å². The van der Waals surface area contributed by atoms with Crippen molar-refractivity contribution >= 4 is 21.8 Å². The van der Waals surface area contributed by atoms with Crippen molar-refractivity contribution in [1.29, 1.82) is 0 Å². The minimum absolute atomic E-state index is 0.125. The second kappa shape index (κ2) is 8.39. The molecule has 4 nitrogen and oxygen atoms in total. The van der Waals surface area contributed by atoms with Gasteiger partial charge in [-0.15, -0.1) is 6.58 Å². The summed E-state index contributed by atoms with van der Waals surface area (Å²) in [5, 5.41) is 0. The summed E-state index contributed by atoms with van der Waals surface area (Å²) >= 11 is 3.55. The minimum Gasteiger partial charge on any atom is -0.490 e. The minimum atomic E-state index is 0.125. The van der Waals surface area contributed by atoms with E-state index in [1.807, 2.05) is 30.9 Å². The van der Waals surface area contributed by atoms with Crippen LogP contribution in [0.25, 0.3) is 0 Å². The Morgan fingerprint density at radius 1 is 1.30 bits per heavy atom. The highest BCUT2D eigenvalue weighted by Gasteiger charge is 2.31. The predicted octanol–water partition coefficient (Wildman–Crippen LogP) is 3.97. The predicted molar refractivity (Wildman–Crippen MR) is 95.1 cm³/mol. The highest BCUT2D eigenvalue weighted by Crippen LogP contribution is 2.35. The first-order valence-corrected chi connectivity index (χ1v) is 8.88. The smallest absolute Gasteiger partial charge is 0.227 e. The number of carbonyl (C=O) groups excluding carboxylic acids is 1. The molecule has 1 fully saturated rings. The molecule has 0 heterocycles. The van der Waals surface area contributed by atoms with Crippen molar-refractivity contribution in [2.75, 3.05) is 19.8 Å². The average Bonchev–Trinajstić information content (AvgIpc) is 3.34. The lowest BCUT2D eigenvalue weighted by atomic mass is 10.1. The molecule has 0 aliphatic heterocycles. The van der Waals surface area contributed by atoms with Crippen LogP contribution in [0.2, 0.25) is 0 Å². The highest BCUT2D eigenvalue weighted by molar-refractivity contribution is 9.10. The van der Waals surface area contributed by atoms with Crippen LogP contribution in [0.15, 0.2) is 29.3 Å². The summed E-state index contributed by atoms with van der Waals surface area (Å²) in [6.45, 7) is 9.35. The maximum absolute atomic E-state index is 12.6. The second-order valence-electron chi connectivity index (χ2n) is 5.50. The molecule has 0 atom stereocenters. The maximum Gasteiger partial charge on any atom is 0.227 e. The monoisotopic (exact) mass is 381 g/mol. The molecule has 0 aromatic heterocycles. The summed E-state index contributed by atoms with van der Waals surface area (Å²) in [5.41, 5.74) is 0.914. The van der Waals surface area contributed by atoms with E-state index in [1.54, 1.807) is 6.08 Å². The molecule has 126 valence electrons. The van der Waals surface area contributed by atoms with Gasteiger partial charge in [-0.25, -0.2) is 0 Å². The van der Waals surface area contributed by atoms with Crippen LogP contribution in [0.3, 0.4) is 0 Å². The topological polar surface area (TPSA) is 38.8 Å². The fourth-order valence-electron chi connectivity index (χ4n) is 2.49. The van der Waals surface area contributed by atoms with E-state index in [0.29, 0.717) is 43.7 Å². The number of halogens is 1. The molecule has 0 unspecified atom stereocenters. The average molecular weight is 382 g/mol. The van der Waals surface area contributed by atoms with Crippen molar-refractivity contribution in [1.82, 2.24) is 4.90 Å². The molecule has 0 N–H and O–H groups in total. The van der Waals surface area contributed by atoms with Crippen LogP contribution in [0.5, 0.6) is 11.5 Å². The van der Waals surface area contributed by atoms with Gasteiger partial charge in [-0.3, -0.25) is 4.79 Å². The summed E-state index contributed by atoms with van der Waals surface area (Å²) in [6, 6.07) is 4.16. The zero-order chi connectivity index (χ0) is 16.8. The molecular formula is C18H24BrNO3. The summed E-state index contributed by atoms with van der Waals surface area (Å²) < 4.78 is 12.1. The zero-order valence-electron chi connectivity index (χ0n) is 13.8. The Kier molecular flexibility index (Phi) is 6.51. The number of benzene rings is 1. The molecule has 0 bridgehead atoms. The van der Waals surface area contributed by atoms with E-state index in [9.17, 15) is 4.79 Å². The Hall–Kier alpha value is -1.49. The Balaban J connectivity index is 2.19. The summed E-state index contributed by atoms with van der Waals surface area (Å²) in [4.78, 5) is 14.5. The Labute approximate surface area is 146 Å². The number of rotatable bonds is 9. The molecule has 0 spiro atoms. The van der Waals surface area contributed by atoms with Crippen molar-refractivity contribution in [3.63, 3.8) is 0 Å². The van der Waals surface area contributed by atoms with Crippen molar-refractivity contribution in [2.24, 2.45) is 0 Å². The Bertz CT molecular complexity index is 570. The van der Waals surface area contributed by atoms with Gasteiger partial charge in [0.05, 0.1) is 19.6 Å². The molecule has 5 heteroatoms. The SMILES string of the molecule is C=CCN(C(=O)Cc1cc(OCC)c(OCC)cc1Br)C1CC1. The third-order valence-electron chi connectivity index (χ3n) is 3.69. The molecular weight excluding hydrogens is 358 g/mol. The summed E-state index contributed by atoms with van der Waals surface area (Å²) in [5.74, 6) is 1.50. The van der Waals surface area contributed by atoms with Gasteiger partial charge in [0.1, 0.15) is 0 Å². The number of hydrogen-bond donors (Lipinski definition) is 0. The van der Waals surface area contributed by atoms with Crippen LogP contribution in [0.4, 0.5) is 0 Å². The molecule has 1 amide bonds. The molecule has 2 rings (SSSR count). The second-order valence-corrected chi connectivity index (χ2v) is 6.35. The van der Waals surface area contributed by atoms with Crippen molar-refractivity contribution in [3.05, 3.63) is 34.8 Å². The van der Waals surface area contributed by atoms with E-state index < -0.39 is 0 Å². The van der Waals surface area contributed by atoms with E-state index in [-0.39, 0.29) is 5.91 Å². The van der Waals surface area contributed by atoms with Gasteiger partial charge in [0.25, 0.3) is 0 Å². The first-order valence-electron chi connectivity index (χ1n) is 8.09. The molecule has 23 heavy (non-hydrogen) atoms. The molecule has 1 aromatic carbocycles. The molecule has 1 aromatic rings.